The monoisotopic (exact) mass is 176 g/mol. The van der Waals surface area contributed by atoms with Gasteiger partial charge in [-0.2, -0.15) is 0 Å². The third-order valence-corrected chi connectivity index (χ3v) is 1.65. The molecule has 0 rings (SSSR count). The van der Waals surface area contributed by atoms with Gasteiger partial charge >= 0.3 is 0 Å². The zero-order chi connectivity index (χ0) is 9.56. The standard InChI is InChI=1S/C8H20N2O2/c1-6(2)10-5-3-4-7(9)8(11)12/h6-8,10-12H,3-5,9H2,1-2H3/t7-/m0/s1. The van der Waals surface area contributed by atoms with E-state index in [0.29, 0.717) is 12.5 Å². The van der Waals surface area contributed by atoms with Gasteiger partial charge < -0.3 is 21.3 Å². The highest BCUT2D eigenvalue weighted by Gasteiger charge is 2.09. The Balaban J connectivity index is 3.20. The molecule has 0 aliphatic heterocycles. The summed E-state index contributed by atoms with van der Waals surface area (Å²) in [6, 6.07) is -0.0424. The number of aliphatic hydroxyl groups is 2. The quantitative estimate of drug-likeness (QED) is 0.322. The first-order valence-corrected chi connectivity index (χ1v) is 4.39. The average molecular weight is 176 g/mol. The van der Waals surface area contributed by atoms with Crippen LogP contribution < -0.4 is 11.1 Å². The molecule has 0 amide bonds. The Morgan fingerprint density at radius 2 is 1.92 bits per heavy atom. The summed E-state index contributed by atoms with van der Waals surface area (Å²) in [5, 5.41) is 20.5. The van der Waals surface area contributed by atoms with Gasteiger partial charge in [0.25, 0.3) is 0 Å². The molecule has 0 saturated carbocycles. The predicted molar refractivity (Wildman–Crippen MR) is 48.6 cm³/mol. The van der Waals surface area contributed by atoms with Gasteiger partial charge in [0.1, 0.15) is 0 Å². The summed E-state index contributed by atoms with van der Waals surface area (Å²) in [6.07, 6.45) is 0.123. The molecule has 0 fully saturated rings. The van der Waals surface area contributed by atoms with E-state index in [0.717, 1.165) is 13.0 Å². The summed E-state index contributed by atoms with van der Waals surface area (Å²) in [4.78, 5) is 0. The van der Waals surface area contributed by atoms with Crippen molar-refractivity contribution in [1.29, 1.82) is 0 Å². The molecule has 0 aromatic rings. The topological polar surface area (TPSA) is 78.5 Å². The largest absolute Gasteiger partial charge is 0.367 e. The van der Waals surface area contributed by atoms with Gasteiger partial charge in [0, 0.05) is 6.04 Å². The second-order valence-corrected chi connectivity index (χ2v) is 3.33. The molecule has 74 valence electrons. The Morgan fingerprint density at radius 1 is 1.33 bits per heavy atom. The fourth-order valence-corrected chi connectivity index (χ4v) is 0.878. The van der Waals surface area contributed by atoms with E-state index in [4.69, 9.17) is 15.9 Å². The first-order valence-electron chi connectivity index (χ1n) is 4.39. The smallest absolute Gasteiger partial charge is 0.166 e. The van der Waals surface area contributed by atoms with Crippen LogP contribution in [-0.4, -0.2) is 35.1 Å². The third kappa shape index (κ3) is 6.54. The van der Waals surface area contributed by atoms with Crippen LogP contribution in [0.4, 0.5) is 0 Å². The zero-order valence-corrected chi connectivity index (χ0v) is 7.83. The van der Waals surface area contributed by atoms with Gasteiger partial charge in [0.2, 0.25) is 0 Å². The minimum absolute atomic E-state index is 0.472. The number of aliphatic hydroxyl groups excluding tert-OH is 1. The average Bonchev–Trinajstić information content (AvgIpc) is 1.97. The molecule has 0 heterocycles. The molecule has 0 unspecified atom stereocenters. The van der Waals surface area contributed by atoms with E-state index >= 15 is 0 Å². The predicted octanol–water partition coefficient (Wildman–Crippen LogP) is -0.597. The van der Waals surface area contributed by atoms with Gasteiger partial charge in [-0.1, -0.05) is 13.8 Å². The highest BCUT2D eigenvalue weighted by Crippen LogP contribution is 1.96. The summed E-state index contributed by atoms with van der Waals surface area (Å²) in [5.74, 6) is 0. The summed E-state index contributed by atoms with van der Waals surface area (Å²) in [6.45, 7) is 5.01. The zero-order valence-electron chi connectivity index (χ0n) is 7.83. The van der Waals surface area contributed by atoms with Crippen molar-refractivity contribution in [2.45, 2.75) is 45.1 Å². The maximum Gasteiger partial charge on any atom is 0.166 e. The minimum Gasteiger partial charge on any atom is -0.367 e. The second-order valence-electron chi connectivity index (χ2n) is 3.33. The maximum absolute atomic E-state index is 8.64. The van der Waals surface area contributed by atoms with Crippen LogP contribution in [-0.2, 0) is 0 Å². The highest BCUT2D eigenvalue weighted by molar-refractivity contribution is 4.64. The van der Waals surface area contributed by atoms with Crippen molar-refractivity contribution in [3.63, 3.8) is 0 Å². The molecule has 0 aliphatic rings. The van der Waals surface area contributed by atoms with Crippen molar-refractivity contribution in [3.8, 4) is 0 Å². The van der Waals surface area contributed by atoms with Gasteiger partial charge in [0.15, 0.2) is 6.29 Å². The van der Waals surface area contributed by atoms with Gasteiger partial charge in [-0.05, 0) is 19.4 Å². The van der Waals surface area contributed by atoms with E-state index in [1.807, 2.05) is 0 Å². The molecular formula is C8H20N2O2. The molecule has 4 nitrogen and oxygen atoms in total. The Morgan fingerprint density at radius 3 is 2.33 bits per heavy atom. The lowest BCUT2D eigenvalue weighted by atomic mass is 10.1. The highest BCUT2D eigenvalue weighted by atomic mass is 16.5. The SMILES string of the molecule is CC(C)NCCC[C@H](N)C(O)O. The van der Waals surface area contributed by atoms with E-state index in [9.17, 15) is 0 Å². The summed E-state index contributed by atoms with van der Waals surface area (Å²) in [7, 11) is 0. The van der Waals surface area contributed by atoms with Gasteiger partial charge in [-0.3, -0.25) is 0 Å². The van der Waals surface area contributed by atoms with Crippen molar-refractivity contribution in [2.24, 2.45) is 5.73 Å². The molecule has 1 atom stereocenters. The number of nitrogens with one attached hydrogen (secondary N) is 1. The molecule has 4 heteroatoms. The first kappa shape index (κ1) is 11.8. The van der Waals surface area contributed by atoms with Crippen molar-refractivity contribution in [3.05, 3.63) is 0 Å². The van der Waals surface area contributed by atoms with Crippen molar-refractivity contribution >= 4 is 0 Å². The molecule has 0 spiro atoms. The molecule has 0 radical (unpaired) electrons. The Kier molecular flexibility index (Phi) is 6.28. The Labute approximate surface area is 73.8 Å². The van der Waals surface area contributed by atoms with Crippen LogP contribution in [0.5, 0.6) is 0 Å². The van der Waals surface area contributed by atoms with E-state index in [1.165, 1.54) is 0 Å². The van der Waals surface area contributed by atoms with Crippen molar-refractivity contribution < 1.29 is 10.2 Å². The molecular weight excluding hydrogens is 156 g/mol. The molecule has 0 aromatic carbocycles. The van der Waals surface area contributed by atoms with E-state index in [2.05, 4.69) is 19.2 Å². The second kappa shape index (κ2) is 6.37. The van der Waals surface area contributed by atoms with Crippen LogP contribution in [0, 0.1) is 0 Å². The summed E-state index contributed by atoms with van der Waals surface area (Å²) < 4.78 is 0. The number of nitrogens with two attached hydrogens (primary N) is 1. The van der Waals surface area contributed by atoms with Crippen LogP contribution in [0.1, 0.15) is 26.7 Å². The fraction of sp³-hybridized carbons (Fsp3) is 1.00. The van der Waals surface area contributed by atoms with Gasteiger partial charge in [-0.25, -0.2) is 0 Å². The molecule has 0 saturated heterocycles. The lowest BCUT2D eigenvalue weighted by Crippen LogP contribution is -2.35. The lowest BCUT2D eigenvalue weighted by Gasteiger charge is -2.14. The van der Waals surface area contributed by atoms with E-state index in [-0.39, 0.29) is 0 Å². The summed E-state index contributed by atoms with van der Waals surface area (Å²) >= 11 is 0. The summed E-state index contributed by atoms with van der Waals surface area (Å²) in [5.41, 5.74) is 5.41. The Hall–Kier alpha value is -0.160. The maximum atomic E-state index is 8.64. The van der Waals surface area contributed by atoms with Crippen LogP contribution in [0.3, 0.4) is 0 Å². The van der Waals surface area contributed by atoms with Crippen LogP contribution >= 0.6 is 0 Å². The van der Waals surface area contributed by atoms with Crippen molar-refractivity contribution in [1.82, 2.24) is 5.32 Å². The van der Waals surface area contributed by atoms with E-state index in [1.54, 1.807) is 0 Å². The van der Waals surface area contributed by atoms with Crippen molar-refractivity contribution in [2.75, 3.05) is 6.54 Å². The number of rotatable bonds is 6. The minimum atomic E-state index is -1.39. The normalized spacial score (nSPS) is 14.2. The fourth-order valence-electron chi connectivity index (χ4n) is 0.878. The third-order valence-electron chi connectivity index (χ3n) is 1.65. The molecule has 12 heavy (non-hydrogen) atoms. The first-order chi connectivity index (χ1) is 5.54. The molecule has 0 aromatic heterocycles. The van der Waals surface area contributed by atoms with Gasteiger partial charge in [0.05, 0.1) is 6.04 Å². The van der Waals surface area contributed by atoms with E-state index < -0.39 is 12.3 Å². The number of hydrogen-bond acceptors (Lipinski definition) is 4. The molecule has 0 bridgehead atoms. The number of hydrogen-bond donors (Lipinski definition) is 4. The van der Waals surface area contributed by atoms with Crippen LogP contribution in [0.15, 0.2) is 0 Å². The molecule has 5 N–H and O–H groups in total. The lowest BCUT2D eigenvalue weighted by molar-refractivity contribution is -0.0598. The van der Waals surface area contributed by atoms with Crippen LogP contribution in [0.25, 0.3) is 0 Å². The Bertz CT molecular complexity index is 107. The molecule has 0 aliphatic carbocycles. The van der Waals surface area contributed by atoms with Crippen LogP contribution in [0.2, 0.25) is 0 Å². The van der Waals surface area contributed by atoms with Gasteiger partial charge in [-0.15, -0.1) is 0 Å².